The molecule has 0 saturated carbocycles. The summed E-state index contributed by atoms with van der Waals surface area (Å²) in [5.74, 6) is -0.686. The number of anilines is 1. The molecule has 6 heteroatoms. The molecule has 0 spiro atoms. The molecule has 0 radical (unpaired) electrons. The lowest BCUT2D eigenvalue weighted by Gasteiger charge is -2.29. The van der Waals surface area contributed by atoms with Gasteiger partial charge in [0.1, 0.15) is 5.82 Å². The number of benzene rings is 2. The van der Waals surface area contributed by atoms with Crippen LogP contribution in [0.2, 0.25) is 0 Å². The number of hydrogen-bond acceptors (Lipinski definition) is 3. The Labute approximate surface area is 128 Å². The third kappa shape index (κ3) is 2.74. The molecule has 2 aromatic carbocycles. The van der Waals surface area contributed by atoms with Crippen LogP contribution in [-0.4, -0.2) is 20.7 Å². The highest BCUT2D eigenvalue weighted by molar-refractivity contribution is 7.92. The zero-order valence-corrected chi connectivity index (χ0v) is 12.5. The van der Waals surface area contributed by atoms with Crippen molar-refractivity contribution in [1.82, 2.24) is 0 Å². The third-order valence-electron chi connectivity index (χ3n) is 3.61. The number of fused-ring (bicyclic) bond motifs is 1. The van der Waals surface area contributed by atoms with Crippen LogP contribution in [0.15, 0.2) is 48.5 Å². The first-order valence-corrected chi connectivity index (χ1v) is 8.45. The van der Waals surface area contributed by atoms with Gasteiger partial charge in [0, 0.05) is 18.5 Å². The van der Waals surface area contributed by atoms with Gasteiger partial charge in [-0.25, -0.2) is 12.8 Å². The molecule has 0 aliphatic carbocycles. The van der Waals surface area contributed by atoms with Gasteiger partial charge >= 0.3 is 0 Å². The molecule has 0 saturated heterocycles. The Morgan fingerprint density at radius 3 is 2.45 bits per heavy atom. The maximum absolute atomic E-state index is 12.9. The van der Waals surface area contributed by atoms with Crippen LogP contribution in [0.5, 0.6) is 0 Å². The normalized spacial score (nSPS) is 14.8. The molecule has 0 N–H and O–H groups in total. The van der Waals surface area contributed by atoms with Gasteiger partial charge in [-0.1, -0.05) is 24.3 Å². The minimum absolute atomic E-state index is 0.0520. The second kappa shape index (κ2) is 5.53. The molecule has 4 nitrogen and oxygen atoms in total. The van der Waals surface area contributed by atoms with E-state index in [9.17, 15) is 17.6 Å². The highest BCUT2D eigenvalue weighted by Crippen LogP contribution is 2.30. The van der Waals surface area contributed by atoms with Crippen molar-refractivity contribution in [3.05, 3.63) is 65.5 Å². The van der Waals surface area contributed by atoms with E-state index >= 15 is 0 Å². The van der Waals surface area contributed by atoms with Crippen molar-refractivity contribution in [3.63, 3.8) is 0 Å². The lowest BCUT2D eigenvalue weighted by molar-refractivity contribution is 0.0982. The smallest absolute Gasteiger partial charge is 0.239 e. The maximum atomic E-state index is 12.9. The van der Waals surface area contributed by atoms with Crippen molar-refractivity contribution in [2.24, 2.45) is 0 Å². The summed E-state index contributed by atoms with van der Waals surface area (Å²) >= 11 is 0. The van der Waals surface area contributed by atoms with Gasteiger partial charge in [0.25, 0.3) is 0 Å². The number of sulfonamides is 1. The Bertz CT molecular complexity index is 816. The van der Waals surface area contributed by atoms with Crippen LogP contribution in [0.1, 0.15) is 22.3 Å². The molecule has 3 rings (SSSR count). The molecular weight excluding hydrogens is 305 g/mol. The highest BCUT2D eigenvalue weighted by atomic mass is 32.2. The average Bonchev–Trinajstić information content (AvgIpc) is 2.50. The monoisotopic (exact) mass is 319 g/mol. The van der Waals surface area contributed by atoms with Gasteiger partial charge in [-0.05, 0) is 29.8 Å². The number of hydrogen-bond donors (Lipinski definition) is 0. The van der Waals surface area contributed by atoms with Crippen LogP contribution in [0, 0.1) is 5.82 Å². The summed E-state index contributed by atoms with van der Waals surface area (Å²) in [6, 6.07) is 12.1. The van der Waals surface area contributed by atoms with Crippen molar-refractivity contribution < 1.29 is 17.6 Å². The minimum Gasteiger partial charge on any atom is -0.294 e. The van der Waals surface area contributed by atoms with E-state index in [0.717, 1.165) is 0 Å². The zero-order chi connectivity index (χ0) is 15.7. The van der Waals surface area contributed by atoms with Crippen molar-refractivity contribution >= 4 is 21.5 Å². The number of rotatable bonds is 3. The van der Waals surface area contributed by atoms with Gasteiger partial charge in [-0.2, -0.15) is 0 Å². The van der Waals surface area contributed by atoms with Crippen LogP contribution in [-0.2, 0) is 15.8 Å². The summed E-state index contributed by atoms with van der Waals surface area (Å²) < 4.78 is 39.4. The van der Waals surface area contributed by atoms with Crippen molar-refractivity contribution in [2.45, 2.75) is 12.2 Å². The Kier molecular flexibility index (Phi) is 3.70. The summed E-state index contributed by atoms with van der Waals surface area (Å²) in [7, 11) is -3.63. The molecule has 0 bridgehead atoms. The molecule has 1 aliphatic rings. The van der Waals surface area contributed by atoms with E-state index in [-0.39, 0.29) is 24.5 Å². The molecule has 22 heavy (non-hydrogen) atoms. The van der Waals surface area contributed by atoms with E-state index in [0.29, 0.717) is 16.8 Å². The van der Waals surface area contributed by atoms with Crippen LogP contribution in [0.25, 0.3) is 0 Å². The molecule has 2 aromatic rings. The van der Waals surface area contributed by atoms with Gasteiger partial charge in [0.2, 0.25) is 10.0 Å². The van der Waals surface area contributed by atoms with E-state index in [1.807, 2.05) is 0 Å². The van der Waals surface area contributed by atoms with Gasteiger partial charge in [0.15, 0.2) is 5.78 Å². The van der Waals surface area contributed by atoms with Crippen LogP contribution >= 0.6 is 0 Å². The quantitative estimate of drug-likeness (QED) is 0.874. The van der Waals surface area contributed by atoms with Gasteiger partial charge in [-0.15, -0.1) is 0 Å². The fourth-order valence-electron chi connectivity index (χ4n) is 2.54. The number of carbonyl (C=O) groups excluding carboxylic acids is 1. The Morgan fingerprint density at radius 2 is 1.73 bits per heavy atom. The molecule has 0 atom stereocenters. The Morgan fingerprint density at radius 1 is 1.05 bits per heavy atom. The first kappa shape index (κ1) is 14.7. The molecule has 1 heterocycles. The fourth-order valence-corrected chi connectivity index (χ4v) is 4.14. The highest BCUT2D eigenvalue weighted by Gasteiger charge is 2.30. The first-order chi connectivity index (χ1) is 10.5. The second-order valence-corrected chi connectivity index (χ2v) is 7.04. The molecule has 0 unspecified atom stereocenters. The van der Waals surface area contributed by atoms with E-state index < -0.39 is 15.8 Å². The summed E-state index contributed by atoms with van der Waals surface area (Å²) in [5, 5.41) is 0. The Balaban J connectivity index is 1.94. The first-order valence-electron chi connectivity index (χ1n) is 6.84. The molecule has 0 aromatic heterocycles. The topological polar surface area (TPSA) is 54.5 Å². The molecule has 114 valence electrons. The van der Waals surface area contributed by atoms with Gasteiger partial charge in [-0.3, -0.25) is 9.10 Å². The van der Waals surface area contributed by atoms with Crippen LogP contribution < -0.4 is 4.31 Å². The number of nitrogens with zero attached hydrogens (tertiary/aromatic N) is 1. The number of Topliss-reactive ketones (excluding diaryl/α,β-unsaturated/α-hetero) is 1. The lowest BCUT2D eigenvalue weighted by atomic mass is 10.0. The summed E-state index contributed by atoms with van der Waals surface area (Å²) in [6.45, 7) is 0.138. The predicted octanol–water partition coefficient (Wildman–Crippen LogP) is 2.75. The van der Waals surface area contributed by atoms with Crippen molar-refractivity contribution in [3.8, 4) is 0 Å². The average molecular weight is 319 g/mol. The van der Waals surface area contributed by atoms with Gasteiger partial charge < -0.3 is 0 Å². The summed E-state index contributed by atoms with van der Waals surface area (Å²) in [4.78, 5) is 11.9. The zero-order valence-electron chi connectivity index (χ0n) is 11.7. The molecule has 0 fully saturated rings. The second-order valence-electron chi connectivity index (χ2n) is 5.15. The summed E-state index contributed by atoms with van der Waals surface area (Å²) in [6.07, 6.45) is 0.166. The maximum Gasteiger partial charge on any atom is 0.239 e. The number of halogens is 1. The number of carbonyl (C=O) groups is 1. The number of ketones is 1. The van der Waals surface area contributed by atoms with Crippen LogP contribution in [0.4, 0.5) is 10.1 Å². The lowest BCUT2D eigenvalue weighted by Crippen LogP contribution is -2.38. The third-order valence-corrected chi connectivity index (χ3v) is 5.36. The van der Waals surface area contributed by atoms with E-state index in [1.54, 1.807) is 24.3 Å². The predicted molar refractivity (Wildman–Crippen MR) is 81.8 cm³/mol. The van der Waals surface area contributed by atoms with E-state index in [2.05, 4.69) is 0 Å². The molecule has 1 aliphatic heterocycles. The summed E-state index contributed by atoms with van der Waals surface area (Å²) in [5.41, 5.74) is 1.35. The van der Waals surface area contributed by atoms with Crippen molar-refractivity contribution in [1.29, 1.82) is 0 Å². The fraction of sp³-hybridized carbons (Fsp3) is 0.188. The molecular formula is C16H14FNO3S. The number of para-hydroxylation sites is 1. The van der Waals surface area contributed by atoms with Crippen molar-refractivity contribution in [2.75, 3.05) is 10.8 Å². The largest absolute Gasteiger partial charge is 0.294 e. The van der Waals surface area contributed by atoms with E-state index in [1.165, 1.54) is 28.6 Å². The van der Waals surface area contributed by atoms with Gasteiger partial charge in [0.05, 0.1) is 11.4 Å². The minimum atomic E-state index is -3.63. The van der Waals surface area contributed by atoms with Crippen LogP contribution in [0.3, 0.4) is 0 Å². The standard InChI is InChI=1S/C16H14FNO3S/c17-13-7-5-12(6-8-13)11-22(20,21)18-10-9-16(19)14-3-1-2-4-15(14)18/h1-8H,9-11H2. The molecule has 0 amide bonds. The Hall–Kier alpha value is -2.21. The SMILES string of the molecule is O=C1CCN(S(=O)(=O)Cc2ccc(F)cc2)c2ccccc21. The van der Waals surface area contributed by atoms with E-state index in [4.69, 9.17) is 0 Å².